The number of fused-ring (bicyclic) bond motifs is 1. The van der Waals surface area contributed by atoms with Crippen LogP contribution in [0.2, 0.25) is 0 Å². The lowest BCUT2D eigenvalue weighted by Crippen LogP contribution is -2.30. The Morgan fingerprint density at radius 1 is 0.893 bits per heavy atom. The number of aryl methyl sites for hydroxylation is 1. The number of thiazole rings is 1. The molecule has 6 heteroatoms. The van der Waals surface area contributed by atoms with Gasteiger partial charge >= 0.3 is 0 Å². The number of para-hydroxylation sites is 1. The van der Waals surface area contributed by atoms with E-state index in [2.05, 4.69) is 4.98 Å². The van der Waals surface area contributed by atoms with Crippen molar-refractivity contribution in [2.75, 3.05) is 0 Å². The van der Waals surface area contributed by atoms with Gasteiger partial charge in [0.15, 0.2) is 0 Å². The predicted molar refractivity (Wildman–Crippen MR) is 114 cm³/mol. The van der Waals surface area contributed by atoms with Gasteiger partial charge in [-0.05, 0) is 42.3 Å². The zero-order chi connectivity index (χ0) is 19.6. The van der Waals surface area contributed by atoms with Crippen LogP contribution < -0.4 is 0 Å². The molecular weight excluding hydrogens is 388 g/mol. The molecule has 0 spiro atoms. The summed E-state index contributed by atoms with van der Waals surface area (Å²) in [5.41, 5.74) is 2.76. The molecule has 1 heterocycles. The van der Waals surface area contributed by atoms with Crippen molar-refractivity contribution in [1.29, 1.82) is 0 Å². The quantitative estimate of drug-likeness (QED) is 0.451. The van der Waals surface area contributed by atoms with Gasteiger partial charge in [-0.2, -0.15) is 4.31 Å². The lowest BCUT2D eigenvalue weighted by Gasteiger charge is -2.21. The Morgan fingerprint density at radius 2 is 1.64 bits per heavy atom. The van der Waals surface area contributed by atoms with E-state index >= 15 is 0 Å². The van der Waals surface area contributed by atoms with Gasteiger partial charge in [0.1, 0.15) is 5.01 Å². The van der Waals surface area contributed by atoms with E-state index in [-0.39, 0.29) is 6.54 Å². The highest BCUT2D eigenvalue weighted by Crippen LogP contribution is 2.26. The molecule has 28 heavy (non-hydrogen) atoms. The summed E-state index contributed by atoms with van der Waals surface area (Å²) in [4.78, 5) is 4.94. The first-order chi connectivity index (χ1) is 13.5. The van der Waals surface area contributed by atoms with Crippen LogP contribution >= 0.6 is 11.3 Å². The Bertz CT molecular complexity index is 1170. The summed E-state index contributed by atoms with van der Waals surface area (Å²) in [6.07, 6.45) is 0. The Balaban J connectivity index is 1.72. The molecule has 0 saturated heterocycles. The number of nitrogens with zero attached hydrogens (tertiary/aromatic N) is 2. The largest absolute Gasteiger partial charge is 0.243 e. The SMILES string of the molecule is Cc1cccc(S(=O)(=O)N(Cc2ccccc2)Cc2nc3ccccc3s2)c1. The van der Waals surface area contributed by atoms with Gasteiger partial charge in [0.25, 0.3) is 0 Å². The molecule has 0 fully saturated rings. The number of hydrogen-bond acceptors (Lipinski definition) is 4. The van der Waals surface area contributed by atoms with Crippen LogP contribution in [0, 0.1) is 6.92 Å². The van der Waals surface area contributed by atoms with E-state index in [4.69, 9.17) is 0 Å². The maximum atomic E-state index is 13.4. The van der Waals surface area contributed by atoms with E-state index in [1.807, 2.05) is 67.6 Å². The summed E-state index contributed by atoms with van der Waals surface area (Å²) in [5, 5.41) is 0.786. The third-order valence-electron chi connectivity index (χ3n) is 4.48. The van der Waals surface area contributed by atoms with Crippen molar-refractivity contribution < 1.29 is 8.42 Å². The number of sulfonamides is 1. The first-order valence-corrected chi connectivity index (χ1v) is 11.2. The Labute approximate surface area is 169 Å². The maximum Gasteiger partial charge on any atom is 0.243 e. The van der Waals surface area contributed by atoms with Crippen molar-refractivity contribution in [3.05, 3.63) is 95.0 Å². The molecule has 142 valence electrons. The summed E-state index contributed by atoms with van der Waals surface area (Å²) in [6.45, 7) is 2.44. The number of rotatable bonds is 6. The van der Waals surface area contributed by atoms with Crippen LogP contribution in [0.5, 0.6) is 0 Å². The van der Waals surface area contributed by atoms with E-state index < -0.39 is 10.0 Å². The second kappa shape index (κ2) is 7.83. The van der Waals surface area contributed by atoms with Gasteiger partial charge in [-0.1, -0.05) is 54.6 Å². The highest BCUT2D eigenvalue weighted by molar-refractivity contribution is 7.89. The number of aromatic nitrogens is 1. The predicted octanol–water partition coefficient (Wildman–Crippen LogP) is 5.00. The van der Waals surface area contributed by atoms with Gasteiger partial charge in [-0.25, -0.2) is 13.4 Å². The van der Waals surface area contributed by atoms with Gasteiger partial charge in [0.2, 0.25) is 10.0 Å². The van der Waals surface area contributed by atoms with Crippen LogP contribution in [0.3, 0.4) is 0 Å². The smallest absolute Gasteiger partial charge is 0.240 e. The summed E-state index contributed by atoms with van der Waals surface area (Å²) < 4.78 is 29.4. The molecule has 4 rings (SSSR count). The standard InChI is InChI=1S/C22H20N2O2S2/c1-17-8-7-11-19(14-17)28(25,26)24(15-18-9-3-2-4-10-18)16-22-23-20-12-5-6-13-21(20)27-22/h2-14H,15-16H2,1H3. The van der Waals surface area contributed by atoms with Crippen LogP contribution in [0.4, 0.5) is 0 Å². The molecule has 0 bridgehead atoms. The van der Waals surface area contributed by atoms with Crippen LogP contribution in [-0.2, 0) is 23.1 Å². The van der Waals surface area contributed by atoms with E-state index in [0.717, 1.165) is 26.4 Å². The molecule has 0 unspecified atom stereocenters. The molecule has 1 aromatic heterocycles. The normalized spacial score (nSPS) is 11.9. The van der Waals surface area contributed by atoms with Gasteiger partial charge in [-0.15, -0.1) is 11.3 Å². The molecule has 0 atom stereocenters. The molecule has 0 aliphatic heterocycles. The Hall–Kier alpha value is -2.54. The summed E-state index contributed by atoms with van der Waals surface area (Å²) in [6, 6.07) is 24.6. The lowest BCUT2D eigenvalue weighted by atomic mass is 10.2. The third-order valence-corrected chi connectivity index (χ3v) is 7.29. The Kier molecular flexibility index (Phi) is 5.26. The van der Waals surface area contributed by atoms with Crippen LogP contribution in [0.1, 0.15) is 16.1 Å². The molecule has 0 aliphatic rings. The molecular formula is C22H20N2O2S2. The van der Waals surface area contributed by atoms with Crippen LogP contribution in [0.25, 0.3) is 10.2 Å². The number of benzene rings is 3. The average molecular weight is 409 g/mol. The van der Waals surface area contributed by atoms with Crippen molar-refractivity contribution in [3.8, 4) is 0 Å². The molecule has 0 aliphatic carbocycles. The fraction of sp³-hybridized carbons (Fsp3) is 0.136. The van der Waals surface area contributed by atoms with Crippen molar-refractivity contribution in [2.24, 2.45) is 0 Å². The highest BCUT2D eigenvalue weighted by atomic mass is 32.2. The van der Waals surface area contributed by atoms with E-state index in [0.29, 0.717) is 11.4 Å². The van der Waals surface area contributed by atoms with Crippen LogP contribution in [-0.4, -0.2) is 17.7 Å². The van der Waals surface area contributed by atoms with Crippen molar-refractivity contribution in [2.45, 2.75) is 24.9 Å². The second-order valence-electron chi connectivity index (χ2n) is 6.65. The maximum absolute atomic E-state index is 13.4. The summed E-state index contributed by atoms with van der Waals surface area (Å²) >= 11 is 1.53. The molecule has 4 nitrogen and oxygen atoms in total. The first kappa shape index (κ1) is 18.8. The summed E-state index contributed by atoms with van der Waals surface area (Å²) in [7, 11) is -3.66. The minimum Gasteiger partial charge on any atom is -0.240 e. The van der Waals surface area contributed by atoms with Gasteiger partial charge < -0.3 is 0 Å². The van der Waals surface area contributed by atoms with Gasteiger partial charge in [-0.3, -0.25) is 0 Å². The lowest BCUT2D eigenvalue weighted by molar-refractivity contribution is 0.400. The second-order valence-corrected chi connectivity index (χ2v) is 9.70. The van der Waals surface area contributed by atoms with Crippen molar-refractivity contribution in [3.63, 3.8) is 0 Å². The van der Waals surface area contributed by atoms with Gasteiger partial charge in [0.05, 0.1) is 21.7 Å². The monoisotopic (exact) mass is 408 g/mol. The van der Waals surface area contributed by atoms with E-state index in [1.54, 1.807) is 18.2 Å². The number of hydrogen-bond donors (Lipinski definition) is 0. The zero-order valence-electron chi connectivity index (χ0n) is 15.4. The third kappa shape index (κ3) is 3.99. The van der Waals surface area contributed by atoms with E-state index in [9.17, 15) is 8.42 Å². The molecule has 0 saturated carbocycles. The first-order valence-electron chi connectivity index (χ1n) is 8.97. The summed E-state index contributed by atoms with van der Waals surface area (Å²) in [5.74, 6) is 0. The Morgan fingerprint density at radius 3 is 2.39 bits per heavy atom. The van der Waals surface area contributed by atoms with Crippen molar-refractivity contribution >= 4 is 31.6 Å². The van der Waals surface area contributed by atoms with E-state index in [1.165, 1.54) is 15.6 Å². The molecule has 0 amide bonds. The fourth-order valence-corrected chi connectivity index (χ4v) is 5.64. The highest BCUT2D eigenvalue weighted by Gasteiger charge is 2.26. The fourth-order valence-electron chi connectivity index (χ4n) is 3.08. The topological polar surface area (TPSA) is 50.3 Å². The average Bonchev–Trinajstić information content (AvgIpc) is 3.11. The van der Waals surface area contributed by atoms with Crippen LogP contribution in [0.15, 0.2) is 83.8 Å². The molecule has 0 N–H and O–H groups in total. The molecule has 4 aromatic rings. The van der Waals surface area contributed by atoms with Crippen molar-refractivity contribution in [1.82, 2.24) is 9.29 Å². The minimum absolute atomic E-state index is 0.241. The molecule has 3 aromatic carbocycles. The zero-order valence-corrected chi connectivity index (χ0v) is 17.1. The minimum atomic E-state index is -3.66. The molecule has 0 radical (unpaired) electrons. The van der Waals surface area contributed by atoms with Gasteiger partial charge in [0, 0.05) is 6.54 Å².